The number of carbonyl (C=O) groups is 2. The molecule has 0 aliphatic carbocycles. The van der Waals surface area contributed by atoms with Crippen molar-refractivity contribution in [3.63, 3.8) is 0 Å². The van der Waals surface area contributed by atoms with Crippen molar-refractivity contribution >= 4 is 38.9 Å². The molecule has 0 saturated carbocycles. The Morgan fingerprint density at radius 3 is 2.76 bits per heavy atom. The third-order valence-electron chi connectivity index (χ3n) is 4.60. The van der Waals surface area contributed by atoms with Crippen LogP contribution in [0.3, 0.4) is 0 Å². The number of anilines is 1. The number of halogens is 1. The molecule has 0 radical (unpaired) electrons. The lowest BCUT2D eigenvalue weighted by molar-refractivity contribution is -0.129. The molecular formula is C16H19ClN2O5S. The number of amides is 2. The third kappa shape index (κ3) is 3.90. The summed E-state index contributed by atoms with van der Waals surface area (Å²) in [7, 11) is -1.57. The number of ether oxygens (including phenoxy) is 1. The van der Waals surface area contributed by atoms with E-state index in [2.05, 4.69) is 5.32 Å². The first-order valence-corrected chi connectivity index (χ1v) is 10.1. The maximum absolute atomic E-state index is 12.4. The molecule has 1 aromatic carbocycles. The summed E-state index contributed by atoms with van der Waals surface area (Å²) in [6.07, 6.45) is 0.531. The average molecular weight is 387 g/mol. The van der Waals surface area contributed by atoms with Crippen molar-refractivity contribution in [1.82, 2.24) is 4.90 Å². The highest BCUT2D eigenvalue weighted by Gasteiger charge is 2.41. The van der Waals surface area contributed by atoms with Gasteiger partial charge in [0.15, 0.2) is 9.84 Å². The van der Waals surface area contributed by atoms with Crippen molar-refractivity contribution in [2.24, 2.45) is 5.92 Å². The molecule has 1 aromatic rings. The van der Waals surface area contributed by atoms with E-state index in [-0.39, 0.29) is 42.3 Å². The summed E-state index contributed by atoms with van der Waals surface area (Å²) in [5.74, 6) is -0.363. The van der Waals surface area contributed by atoms with E-state index < -0.39 is 15.8 Å². The Bertz CT molecular complexity index is 811. The minimum absolute atomic E-state index is 0.0127. The molecule has 25 heavy (non-hydrogen) atoms. The predicted molar refractivity (Wildman–Crippen MR) is 93.5 cm³/mol. The summed E-state index contributed by atoms with van der Waals surface area (Å²) >= 11 is 6.04. The van der Waals surface area contributed by atoms with Crippen molar-refractivity contribution in [3.8, 4) is 5.75 Å². The third-order valence-corrected chi connectivity index (χ3v) is 6.64. The Hall–Kier alpha value is -1.80. The number of nitrogens with one attached hydrogen (secondary N) is 1. The zero-order chi connectivity index (χ0) is 18.2. The number of likely N-dealkylation sites (tertiary alicyclic amines) is 1. The minimum atomic E-state index is -3.07. The highest BCUT2D eigenvalue weighted by molar-refractivity contribution is 7.91. The zero-order valence-corrected chi connectivity index (χ0v) is 15.3. The van der Waals surface area contributed by atoms with Crippen LogP contribution in [0, 0.1) is 5.92 Å². The maximum Gasteiger partial charge on any atom is 0.229 e. The summed E-state index contributed by atoms with van der Waals surface area (Å²) in [5.41, 5.74) is 0.519. The molecule has 2 unspecified atom stereocenters. The SMILES string of the molecule is COc1ccc(NC(=O)C2CC(=O)N(C3CCS(=O)(=O)C3)C2)cc1Cl. The first-order valence-electron chi connectivity index (χ1n) is 7.93. The molecule has 2 fully saturated rings. The monoisotopic (exact) mass is 386 g/mol. The second kappa shape index (κ2) is 6.84. The second-order valence-corrected chi connectivity index (χ2v) is 8.98. The molecule has 7 nitrogen and oxygen atoms in total. The van der Waals surface area contributed by atoms with Crippen molar-refractivity contribution < 1.29 is 22.7 Å². The highest BCUT2D eigenvalue weighted by Crippen LogP contribution is 2.29. The summed E-state index contributed by atoms with van der Waals surface area (Å²) < 4.78 is 28.3. The fraction of sp³-hybridized carbons (Fsp3) is 0.500. The van der Waals surface area contributed by atoms with E-state index in [9.17, 15) is 18.0 Å². The molecule has 2 atom stereocenters. The fourth-order valence-electron chi connectivity index (χ4n) is 3.27. The lowest BCUT2D eigenvalue weighted by Crippen LogP contribution is -2.38. The van der Waals surface area contributed by atoms with Gasteiger partial charge in [0.25, 0.3) is 0 Å². The Morgan fingerprint density at radius 2 is 2.16 bits per heavy atom. The minimum Gasteiger partial charge on any atom is -0.495 e. The van der Waals surface area contributed by atoms with Gasteiger partial charge < -0.3 is 15.0 Å². The number of hydrogen-bond donors (Lipinski definition) is 1. The number of nitrogens with zero attached hydrogens (tertiary/aromatic N) is 1. The van der Waals surface area contributed by atoms with Gasteiger partial charge in [0.1, 0.15) is 5.75 Å². The maximum atomic E-state index is 12.4. The van der Waals surface area contributed by atoms with Crippen molar-refractivity contribution in [2.75, 3.05) is 30.5 Å². The molecule has 2 aliphatic rings. The van der Waals surface area contributed by atoms with Gasteiger partial charge in [-0.25, -0.2) is 8.42 Å². The van der Waals surface area contributed by atoms with Gasteiger partial charge in [-0.15, -0.1) is 0 Å². The number of carbonyl (C=O) groups excluding carboxylic acids is 2. The van der Waals surface area contributed by atoms with Crippen LogP contribution in [-0.4, -0.2) is 56.3 Å². The molecule has 0 spiro atoms. The molecule has 2 amide bonds. The number of benzene rings is 1. The van der Waals surface area contributed by atoms with Crippen molar-refractivity contribution in [1.29, 1.82) is 0 Å². The summed E-state index contributed by atoms with van der Waals surface area (Å²) in [6.45, 7) is 0.245. The van der Waals surface area contributed by atoms with E-state index in [1.165, 1.54) is 12.0 Å². The Labute approximate surface area is 151 Å². The van der Waals surface area contributed by atoms with Crippen molar-refractivity contribution in [2.45, 2.75) is 18.9 Å². The van der Waals surface area contributed by atoms with Gasteiger partial charge in [-0.05, 0) is 24.6 Å². The van der Waals surface area contributed by atoms with Gasteiger partial charge in [-0.2, -0.15) is 0 Å². The van der Waals surface area contributed by atoms with E-state index >= 15 is 0 Å². The van der Waals surface area contributed by atoms with Gasteiger partial charge in [-0.1, -0.05) is 11.6 Å². The van der Waals surface area contributed by atoms with Gasteiger partial charge in [0.2, 0.25) is 11.8 Å². The zero-order valence-electron chi connectivity index (χ0n) is 13.7. The van der Waals surface area contributed by atoms with E-state index in [0.717, 1.165) is 0 Å². The molecule has 1 N–H and O–H groups in total. The highest BCUT2D eigenvalue weighted by atomic mass is 35.5. The molecule has 3 rings (SSSR count). The van der Waals surface area contributed by atoms with E-state index in [4.69, 9.17) is 16.3 Å². The topological polar surface area (TPSA) is 92.8 Å². The van der Waals surface area contributed by atoms with Crippen LogP contribution in [-0.2, 0) is 19.4 Å². The number of sulfone groups is 1. The van der Waals surface area contributed by atoms with Gasteiger partial charge in [0, 0.05) is 24.7 Å². The van der Waals surface area contributed by atoms with Gasteiger partial charge in [-0.3, -0.25) is 9.59 Å². The Balaban J connectivity index is 1.64. The smallest absolute Gasteiger partial charge is 0.229 e. The molecule has 2 heterocycles. The molecule has 0 bridgehead atoms. The van der Waals surface area contributed by atoms with Crippen LogP contribution in [0.4, 0.5) is 5.69 Å². The van der Waals surface area contributed by atoms with Crippen LogP contribution in [0.2, 0.25) is 5.02 Å². The molecule has 0 aromatic heterocycles. The molecule has 2 saturated heterocycles. The molecule has 9 heteroatoms. The second-order valence-electron chi connectivity index (χ2n) is 6.34. The Morgan fingerprint density at radius 1 is 1.40 bits per heavy atom. The predicted octanol–water partition coefficient (Wildman–Crippen LogP) is 1.32. The van der Waals surface area contributed by atoms with E-state index in [0.29, 0.717) is 22.9 Å². The van der Waals surface area contributed by atoms with E-state index in [1.54, 1.807) is 18.2 Å². The molecular weight excluding hydrogens is 368 g/mol. The normalized spacial score (nSPS) is 25.2. The summed E-state index contributed by atoms with van der Waals surface area (Å²) in [5, 5.41) is 3.12. The lowest BCUT2D eigenvalue weighted by Gasteiger charge is -2.23. The van der Waals surface area contributed by atoms with Gasteiger partial charge in [0.05, 0.1) is 29.6 Å². The number of hydrogen-bond acceptors (Lipinski definition) is 5. The quantitative estimate of drug-likeness (QED) is 0.842. The van der Waals surface area contributed by atoms with Crippen LogP contribution in [0.1, 0.15) is 12.8 Å². The summed E-state index contributed by atoms with van der Waals surface area (Å²) in [4.78, 5) is 26.2. The standard InChI is InChI=1S/C16H19ClN2O5S/c1-24-14-3-2-11(7-13(14)17)18-16(21)10-6-15(20)19(8-10)12-4-5-25(22,23)9-12/h2-3,7,10,12H,4-6,8-9H2,1H3,(H,18,21). The van der Waals surface area contributed by atoms with Crippen LogP contribution in [0.5, 0.6) is 5.75 Å². The average Bonchev–Trinajstić information content (AvgIpc) is 3.10. The number of rotatable bonds is 4. The van der Waals surface area contributed by atoms with Crippen molar-refractivity contribution in [3.05, 3.63) is 23.2 Å². The first-order chi connectivity index (χ1) is 11.8. The fourth-order valence-corrected chi connectivity index (χ4v) is 5.26. The summed E-state index contributed by atoms with van der Waals surface area (Å²) in [6, 6.07) is 4.58. The lowest BCUT2D eigenvalue weighted by atomic mass is 10.1. The largest absolute Gasteiger partial charge is 0.495 e. The van der Waals surface area contributed by atoms with Gasteiger partial charge >= 0.3 is 0 Å². The number of methoxy groups -OCH3 is 1. The van der Waals surface area contributed by atoms with Crippen LogP contribution in [0.15, 0.2) is 18.2 Å². The van der Waals surface area contributed by atoms with E-state index in [1.807, 2.05) is 0 Å². The first kappa shape index (κ1) is 18.0. The van der Waals surface area contributed by atoms with Crippen LogP contribution >= 0.6 is 11.6 Å². The Kier molecular flexibility index (Phi) is 4.92. The van der Waals surface area contributed by atoms with Crippen LogP contribution < -0.4 is 10.1 Å². The molecule has 136 valence electrons. The molecule has 2 aliphatic heterocycles. The van der Waals surface area contributed by atoms with Crippen LogP contribution in [0.25, 0.3) is 0 Å².